The van der Waals surface area contributed by atoms with Gasteiger partial charge in [0.2, 0.25) is 0 Å². The largest absolute Gasteiger partial charge is 0.495 e. The lowest BCUT2D eigenvalue weighted by Gasteiger charge is -2.31. The van der Waals surface area contributed by atoms with E-state index < -0.39 is 5.54 Å². The lowest BCUT2D eigenvalue weighted by Crippen LogP contribution is -2.42. The number of aromatic nitrogens is 3. The van der Waals surface area contributed by atoms with Crippen LogP contribution in [-0.2, 0) is 17.3 Å². The quantitative estimate of drug-likeness (QED) is 0.671. The van der Waals surface area contributed by atoms with Crippen molar-refractivity contribution < 1.29 is 4.74 Å². The average Bonchev–Trinajstić information content (AvgIpc) is 3.02. The first-order chi connectivity index (χ1) is 12.9. The monoisotopic (exact) mass is 425 g/mol. The smallest absolute Gasteiger partial charge is 0.154 e. The summed E-state index contributed by atoms with van der Waals surface area (Å²) in [6.07, 6.45) is 5.96. The Balaban J connectivity index is 1.82. The fourth-order valence-corrected chi connectivity index (χ4v) is 3.98. The number of methoxy groups -OCH3 is 1. The zero-order chi connectivity index (χ0) is 19.2. The number of fused-ring (bicyclic) bond motifs is 1. The van der Waals surface area contributed by atoms with Crippen molar-refractivity contribution in [3.8, 4) is 11.3 Å². The van der Waals surface area contributed by atoms with Crippen LogP contribution in [0.2, 0.25) is 0 Å². The van der Waals surface area contributed by atoms with Gasteiger partial charge in [-0.2, -0.15) is 0 Å². The van der Waals surface area contributed by atoms with Gasteiger partial charge in [-0.1, -0.05) is 34.1 Å². The Morgan fingerprint density at radius 2 is 2.04 bits per heavy atom. The second-order valence-electron chi connectivity index (χ2n) is 6.67. The number of hydrogen-bond donors (Lipinski definition) is 2. The van der Waals surface area contributed by atoms with Crippen molar-refractivity contribution in [3.63, 3.8) is 0 Å². The molecule has 2 aromatic heterocycles. The Morgan fingerprint density at radius 3 is 2.81 bits per heavy atom. The van der Waals surface area contributed by atoms with Gasteiger partial charge >= 0.3 is 0 Å². The van der Waals surface area contributed by atoms with Crippen LogP contribution in [0.5, 0.6) is 0 Å². The van der Waals surface area contributed by atoms with E-state index in [0.717, 1.165) is 26.6 Å². The summed E-state index contributed by atoms with van der Waals surface area (Å²) in [4.78, 5) is 9.25. The van der Waals surface area contributed by atoms with Gasteiger partial charge < -0.3 is 20.8 Å². The minimum Gasteiger partial charge on any atom is -0.495 e. The van der Waals surface area contributed by atoms with Gasteiger partial charge in [0.25, 0.3) is 0 Å². The number of para-hydroxylation sites is 1. The van der Waals surface area contributed by atoms with Crippen molar-refractivity contribution in [1.29, 1.82) is 0 Å². The minimum absolute atomic E-state index is 0.367. The molecule has 27 heavy (non-hydrogen) atoms. The van der Waals surface area contributed by atoms with Gasteiger partial charge in [0, 0.05) is 46.8 Å². The average molecular weight is 426 g/mol. The molecular formula is C20H20BrN5O. The molecule has 2 heterocycles. The van der Waals surface area contributed by atoms with Gasteiger partial charge in [-0.05, 0) is 18.2 Å². The molecule has 7 heteroatoms. The van der Waals surface area contributed by atoms with Crippen LogP contribution in [0.3, 0.4) is 0 Å². The van der Waals surface area contributed by atoms with Crippen molar-refractivity contribution in [2.75, 3.05) is 7.11 Å². The van der Waals surface area contributed by atoms with Gasteiger partial charge in [-0.3, -0.25) is 0 Å². The van der Waals surface area contributed by atoms with E-state index in [9.17, 15) is 0 Å². The molecule has 0 aliphatic heterocycles. The second-order valence-corrected chi connectivity index (χ2v) is 7.52. The topological polar surface area (TPSA) is 92.0 Å². The molecule has 0 fully saturated rings. The third kappa shape index (κ3) is 2.83. The van der Waals surface area contributed by atoms with E-state index >= 15 is 0 Å². The molecule has 4 N–H and O–H groups in total. The molecule has 6 nitrogen and oxygen atoms in total. The summed E-state index contributed by atoms with van der Waals surface area (Å²) in [7, 11) is 3.61. The van der Waals surface area contributed by atoms with Crippen LogP contribution in [0, 0.1) is 0 Å². The van der Waals surface area contributed by atoms with E-state index in [4.69, 9.17) is 21.2 Å². The number of rotatable bonds is 3. The summed E-state index contributed by atoms with van der Waals surface area (Å²) in [6.45, 7) is 0. The van der Waals surface area contributed by atoms with Crippen molar-refractivity contribution in [2.24, 2.45) is 18.5 Å². The normalized spacial score (nSPS) is 20.1. The number of allylic oxidation sites excluding steroid dienone is 1. The van der Waals surface area contributed by atoms with Crippen molar-refractivity contribution in [2.45, 2.75) is 12.0 Å². The predicted octanol–water partition coefficient (Wildman–Crippen LogP) is 3.29. The molecule has 0 spiro atoms. The first-order valence-electron chi connectivity index (χ1n) is 8.51. The lowest BCUT2D eigenvalue weighted by atomic mass is 9.88. The molecule has 0 radical (unpaired) electrons. The van der Waals surface area contributed by atoms with E-state index in [0.29, 0.717) is 23.7 Å². The van der Waals surface area contributed by atoms with Crippen LogP contribution in [0.1, 0.15) is 12.2 Å². The summed E-state index contributed by atoms with van der Waals surface area (Å²) >= 11 is 3.56. The number of nitrogens with two attached hydrogens (primary N) is 2. The Hall–Kier alpha value is -2.64. The molecule has 0 saturated heterocycles. The Labute approximate surface area is 165 Å². The zero-order valence-electron chi connectivity index (χ0n) is 15.1. The fourth-order valence-electron chi connectivity index (χ4n) is 3.45. The molecule has 0 saturated carbocycles. The maximum atomic E-state index is 6.68. The lowest BCUT2D eigenvalue weighted by molar-refractivity contribution is 0.291. The number of hydrogen-bond acceptors (Lipinski definition) is 5. The Kier molecular flexibility index (Phi) is 4.28. The van der Waals surface area contributed by atoms with E-state index in [2.05, 4.69) is 43.8 Å². The van der Waals surface area contributed by atoms with Gasteiger partial charge in [0.1, 0.15) is 11.3 Å². The fraction of sp³-hybridized carbons (Fsp3) is 0.200. The SMILES string of the molecule is COC1=C(N)CC(N)(c2nccc(-c3cn(C)c4ccccc34)n2)C(Br)=C1. The molecule has 1 unspecified atom stereocenters. The van der Waals surface area contributed by atoms with Gasteiger partial charge in [0.05, 0.1) is 18.5 Å². The second kappa shape index (κ2) is 6.51. The summed E-state index contributed by atoms with van der Waals surface area (Å²) < 4.78 is 8.12. The van der Waals surface area contributed by atoms with E-state index in [1.165, 1.54) is 0 Å². The highest BCUT2D eigenvalue weighted by Crippen LogP contribution is 2.39. The number of aryl methyl sites for hydroxylation is 1. The summed E-state index contributed by atoms with van der Waals surface area (Å²) in [5.74, 6) is 1.11. The van der Waals surface area contributed by atoms with Crippen LogP contribution < -0.4 is 11.5 Å². The number of halogens is 1. The Bertz CT molecular complexity index is 1100. The van der Waals surface area contributed by atoms with Crippen LogP contribution in [0.25, 0.3) is 22.2 Å². The molecular weight excluding hydrogens is 406 g/mol. The maximum Gasteiger partial charge on any atom is 0.154 e. The molecule has 1 atom stereocenters. The van der Waals surface area contributed by atoms with Crippen LogP contribution in [-0.4, -0.2) is 21.6 Å². The molecule has 0 bridgehead atoms. The van der Waals surface area contributed by atoms with Gasteiger partial charge in [-0.15, -0.1) is 0 Å². The van der Waals surface area contributed by atoms with E-state index in [-0.39, 0.29) is 0 Å². The first-order valence-corrected chi connectivity index (χ1v) is 9.30. The number of benzene rings is 1. The first kappa shape index (κ1) is 17.8. The van der Waals surface area contributed by atoms with E-state index in [1.807, 2.05) is 25.2 Å². The molecule has 3 aromatic rings. The molecule has 138 valence electrons. The highest BCUT2D eigenvalue weighted by molar-refractivity contribution is 9.11. The third-order valence-corrected chi connectivity index (χ3v) is 5.85. The molecule has 4 rings (SSSR count). The summed E-state index contributed by atoms with van der Waals surface area (Å²) in [5, 5.41) is 1.13. The van der Waals surface area contributed by atoms with Crippen molar-refractivity contribution in [3.05, 3.63) is 70.6 Å². The van der Waals surface area contributed by atoms with Crippen LogP contribution in [0.15, 0.2) is 64.7 Å². The standard InChI is InChI=1S/C20H20BrN5O/c1-26-11-13(12-5-3-4-6-16(12)26)15-7-8-24-19(25-15)20(23)10-14(22)17(27-2)9-18(20)21/h3-9,11H,10,22-23H2,1-2H3. The van der Waals surface area contributed by atoms with Crippen LogP contribution in [0.4, 0.5) is 0 Å². The zero-order valence-corrected chi connectivity index (χ0v) is 16.7. The predicted molar refractivity (Wildman–Crippen MR) is 110 cm³/mol. The Morgan fingerprint density at radius 1 is 1.26 bits per heavy atom. The number of ether oxygens (including phenoxy) is 1. The summed E-state index contributed by atoms with van der Waals surface area (Å²) in [5.41, 5.74) is 15.5. The molecule has 1 aliphatic carbocycles. The highest BCUT2D eigenvalue weighted by Gasteiger charge is 2.38. The highest BCUT2D eigenvalue weighted by atomic mass is 79.9. The van der Waals surface area contributed by atoms with Crippen LogP contribution >= 0.6 is 15.9 Å². The molecule has 0 amide bonds. The van der Waals surface area contributed by atoms with Crippen molar-refractivity contribution in [1.82, 2.24) is 14.5 Å². The number of nitrogens with zero attached hydrogens (tertiary/aromatic N) is 3. The van der Waals surface area contributed by atoms with Gasteiger partial charge in [0.15, 0.2) is 5.82 Å². The summed E-state index contributed by atoms with van der Waals surface area (Å²) in [6, 6.07) is 10.1. The minimum atomic E-state index is -0.938. The molecule has 1 aromatic carbocycles. The van der Waals surface area contributed by atoms with Crippen molar-refractivity contribution >= 4 is 26.8 Å². The van der Waals surface area contributed by atoms with E-state index in [1.54, 1.807) is 19.4 Å². The van der Waals surface area contributed by atoms with Gasteiger partial charge in [-0.25, -0.2) is 9.97 Å². The molecule has 1 aliphatic rings. The maximum absolute atomic E-state index is 6.68. The third-order valence-electron chi connectivity index (χ3n) is 4.92.